The number of ether oxygens (including phenoxy) is 8. The van der Waals surface area contributed by atoms with Crippen LogP contribution in [0.3, 0.4) is 0 Å². The summed E-state index contributed by atoms with van der Waals surface area (Å²) in [6.07, 6.45) is 6.62. The fourth-order valence-electron chi connectivity index (χ4n) is 11.8. The maximum absolute atomic E-state index is 14.0. The topological polar surface area (TPSA) is 383 Å². The number of phenolic OH excluding ortho intramolecular Hbond substituents is 1. The average molecular weight is 1500 g/mol. The van der Waals surface area contributed by atoms with Gasteiger partial charge in [-0.2, -0.15) is 0 Å². The van der Waals surface area contributed by atoms with E-state index >= 15 is 0 Å². The van der Waals surface area contributed by atoms with Gasteiger partial charge in [0.15, 0.2) is 11.6 Å². The van der Waals surface area contributed by atoms with E-state index in [1.807, 2.05) is 27.7 Å². The van der Waals surface area contributed by atoms with Crippen LogP contribution in [0.1, 0.15) is 224 Å². The summed E-state index contributed by atoms with van der Waals surface area (Å²) in [4.78, 5) is 120. The highest BCUT2D eigenvalue weighted by Gasteiger charge is 2.44. The minimum Gasteiger partial charge on any atom is -0.535 e. The second kappa shape index (κ2) is 41.3. The predicted molar refractivity (Wildman–Crippen MR) is 386 cm³/mol. The van der Waals surface area contributed by atoms with Crippen LogP contribution in [0.4, 0.5) is 8.78 Å². The van der Waals surface area contributed by atoms with Crippen molar-refractivity contribution >= 4 is 87.4 Å². The van der Waals surface area contributed by atoms with Crippen LogP contribution in [0.25, 0.3) is 0 Å². The summed E-state index contributed by atoms with van der Waals surface area (Å²) in [7, 11) is -2.21. The molecule has 27 nitrogen and oxygen atoms in total. The van der Waals surface area contributed by atoms with Crippen molar-refractivity contribution in [1.29, 1.82) is 0 Å². The number of fused-ring (bicyclic) bond motifs is 4. The van der Waals surface area contributed by atoms with Gasteiger partial charge in [-0.3, -0.25) is 28.8 Å². The largest absolute Gasteiger partial charge is 0.535 e. The van der Waals surface area contributed by atoms with Gasteiger partial charge in [0.25, 0.3) is 0 Å². The summed E-state index contributed by atoms with van der Waals surface area (Å²) in [6.45, 7) is 20.0. The van der Waals surface area contributed by atoms with Gasteiger partial charge in [-0.25, -0.2) is 28.0 Å². The Bertz CT molecular complexity index is 3820. The van der Waals surface area contributed by atoms with Crippen molar-refractivity contribution in [3.05, 3.63) is 98.6 Å². The molecule has 4 aliphatic rings. The molecule has 0 spiro atoms. The van der Waals surface area contributed by atoms with E-state index in [2.05, 4.69) is 0 Å². The zero-order valence-corrected chi connectivity index (χ0v) is 63.3. The number of methoxy groups -OCH3 is 2. The standard InChI is InChI=1S/C21H29BO8.C20H27BO8.C17H23BO6.C16H19BF2O5/c1-6-7-15(23)11-14-10-13-8-9-16(27-5)17(18(13)30-22(14)26)19(24)28-12-29-20(25)21(2,3)4;1-5-6-14(22)10-13-9-12-7-8-15(23)16(17(12)29-21(13)26)18(24)27-11-28-19(25)20(2,3)4;1-4-6-13(19)10-12-9-11-7-8-14(22-3)15(17(20)23-5-2)16(11)24-18(12)21;1-3-5-11(20)8-10-6-9-7-12(18)14(19)13(16(21)23-4-2)15(9)24-17(10)22/h8-9,14,26H,6-7,10-12H2,1-5H3;7-8,13,23,26H,5-6,9-11H2,1-4H3;7-8,12,21H,4-6,9-10H2,1-3H3;7,10,22H,3-6,8H2,1-2H3/t14-;13-;12-;10-/m1111/s1. The normalized spacial score (nSPS) is 16.0. The third-order valence-electron chi connectivity index (χ3n) is 17.2. The molecule has 0 aromatic heterocycles. The summed E-state index contributed by atoms with van der Waals surface area (Å²) < 4.78 is 89.9. The van der Waals surface area contributed by atoms with E-state index in [-0.39, 0.29) is 131 Å². The molecule has 8 rings (SSSR count). The third kappa shape index (κ3) is 24.7. The van der Waals surface area contributed by atoms with Crippen molar-refractivity contribution in [2.75, 3.05) is 41.0 Å². The Balaban J connectivity index is 0.000000257. The van der Waals surface area contributed by atoms with Gasteiger partial charge in [0.2, 0.25) is 13.6 Å². The van der Waals surface area contributed by atoms with Crippen molar-refractivity contribution in [2.24, 2.45) is 10.8 Å². The number of carbonyl (C=O) groups excluding carboxylic acids is 10. The highest BCUT2D eigenvalue weighted by molar-refractivity contribution is 6.48. The molecule has 33 heteroatoms. The van der Waals surface area contributed by atoms with Crippen LogP contribution in [0.5, 0.6) is 40.2 Å². The number of hydrogen-bond donors (Lipinski definition) is 5. The molecule has 4 aliphatic heterocycles. The lowest BCUT2D eigenvalue weighted by Crippen LogP contribution is -2.36. The van der Waals surface area contributed by atoms with Crippen molar-refractivity contribution in [1.82, 2.24) is 0 Å². The second-order valence-corrected chi connectivity index (χ2v) is 28.0. The Morgan fingerprint density at radius 1 is 0.421 bits per heavy atom. The van der Waals surface area contributed by atoms with E-state index in [4.69, 9.17) is 56.5 Å². The van der Waals surface area contributed by atoms with Crippen LogP contribution in [-0.2, 0) is 82.9 Å². The predicted octanol–water partition coefficient (Wildman–Crippen LogP) is 10.7. The highest BCUT2D eigenvalue weighted by atomic mass is 19.2. The first-order chi connectivity index (χ1) is 50.5. The molecule has 0 fully saturated rings. The van der Waals surface area contributed by atoms with Crippen LogP contribution in [0.2, 0.25) is 23.3 Å². The van der Waals surface area contributed by atoms with Crippen molar-refractivity contribution < 1.29 is 138 Å². The Kier molecular flexibility index (Phi) is 34.2. The van der Waals surface area contributed by atoms with E-state index in [9.17, 15) is 81.9 Å². The summed E-state index contributed by atoms with van der Waals surface area (Å²) >= 11 is 0. The van der Waals surface area contributed by atoms with Gasteiger partial charge in [0.1, 0.15) is 85.6 Å². The van der Waals surface area contributed by atoms with Gasteiger partial charge in [0, 0.05) is 74.6 Å². The number of esters is 6. The molecule has 0 saturated carbocycles. The van der Waals surface area contributed by atoms with Crippen molar-refractivity contribution in [3.8, 4) is 40.2 Å². The number of aromatic hydroxyl groups is 1. The molecular weight excluding hydrogens is 1400 g/mol. The molecule has 5 N–H and O–H groups in total. The molecule has 0 unspecified atom stereocenters. The van der Waals surface area contributed by atoms with Gasteiger partial charge in [-0.1, -0.05) is 45.9 Å². The van der Waals surface area contributed by atoms with E-state index in [1.165, 1.54) is 27.2 Å². The number of carbonyl (C=O) groups is 10. The molecule has 4 heterocycles. The van der Waals surface area contributed by atoms with E-state index in [0.29, 0.717) is 68.2 Å². The molecule has 4 atom stereocenters. The van der Waals surface area contributed by atoms with Gasteiger partial charge in [-0.15, -0.1) is 0 Å². The van der Waals surface area contributed by atoms with E-state index < -0.39 is 123 Å². The highest BCUT2D eigenvalue weighted by Crippen LogP contribution is 2.45. The lowest BCUT2D eigenvalue weighted by Gasteiger charge is -2.29. The Hall–Kier alpha value is -9.06. The van der Waals surface area contributed by atoms with Crippen molar-refractivity contribution in [2.45, 2.75) is 209 Å². The van der Waals surface area contributed by atoms with Gasteiger partial charge < -0.3 is 81.7 Å². The summed E-state index contributed by atoms with van der Waals surface area (Å²) in [5, 5.41) is 51.2. The zero-order valence-electron chi connectivity index (χ0n) is 63.3. The smallest absolute Gasteiger partial charge is 0.526 e. The monoisotopic (exact) mass is 1500 g/mol. The molecule has 0 amide bonds. The van der Waals surface area contributed by atoms with Crippen LogP contribution in [0, 0.1) is 22.5 Å². The zero-order chi connectivity index (χ0) is 79.8. The van der Waals surface area contributed by atoms with E-state index in [0.717, 1.165) is 30.9 Å². The number of rotatable bonds is 28. The first-order valence-electron chi connectivity index (χ1n) is 35.8. The summed E-state index contributed by atoms with van der Waals surface area (Å²) in [5.41, 5.74) is 0.000151. The lowest BCUT2D eigenvalue weighted by molar-refractivity contribution is -0.162. The molecular formula is C74H98B4F2O27. The Morgan fingerprint density at radius 3 is 1.03 bits per heavy atom. The summed E-state index contributed by atoms with van der Waals surface area (Å²) in [6, 6.07) is 10.6. The molecule has 4 aromatic rings. The molecule has 0 radical (unpaired) electrons. The number of Topliss-reactive ketones (excluding diaryl/α,β-unsaturated/α-hetero) is 4. The molecule has 4 aromatic carbocycles. The average Bonchev–Trinajstić information content (AvgIpc) is 0.786. The van der Waals surface area contributed by atoms with Crippen LogP contribution in [0.15, 0.2) is 42.5 Å². The van der Waals surface area contributed by atoms with Crippen LogP contribution >= 0.6 is 0 Å². The van der Waals surface area contributed by atoms with Crippen molar-refractivity contribution in [3.63, 3.8) is 0 Å². The minimum atomic E-state index is -1.38. The number of ketones is 4. The lowest BCUT2D eigenvalue weighted by atomic mass is 9.64. The Labute approximate surface area is 623 Å². The fraction of sp³-hybridized carbons (Fsp3) is 0.541. The first-order valence-corrected chi connectivity index (χ1v) is 35.8. The maximum Gasteiger partial charge on any atom is 0.526 e. The number of phenols is 1. The van der Waals surface area contributed by atoms with Gasteiger partial charge >= 0.3 is 64.3 Å². The summed E-state index contributed by atoms with van der Waals surface area (Å²) in [5.74, 6) is -8.23. The van der Waals surface area contributed by atoms with Gasteiger partial charge in [-0.05, 0) is 153 Å². The quantitative estimate of drug-likeness (QED) is 0.0153. The van der Waals surface area contributed by atoms with Gasteiger partial charge in [0.05, 0.1) is 38.3 Å². The Morgan fingerprint density at radius 2 is 0.710 bits per heavy atom. The van der Waals surface area contributed by atoms with Crippen LogP contribution in [-0.4, -0.2) is 154 Å². The first kappa shape index (κ1) is 88.6. The maximum atomic E-state index is 14.0. The van der Waals surface area contributed by atoms with E-state index in [1.54, 1.807) is 78.8 Å². The molecule has 0 bridgehead atoms. The molecule has 0 saturated heterocycles. The SMILES string of the molecule is CCCC(=O)C[C@H]1Cc2cc(F)c(F)c(C(=O)OCC)c2OB1O.CCCC(=O)C[C@H]1Cc2ccc(O)c(C(=O)OCOC(=O)C(C)(C)C)c2OB1O.CCCC(=O)C[C@H]1Cc2ccc(OC)c(C(=O)OCC)c2OB1O.CCCC(=O)C[C@H]1Cc2ccc(OC)c(C(=O)OCOC(=O)C(C)(C)C)c2OB1O. The minimum absolute atomic E-state index is 0.000748. The van der Waals surface area contributed by atoms with Crippen LogP contribution < -0.4 is 28.1 Å². The second-order valence-electron chi connectivity index (χ2n) is 28.0. The fourth-order valence-corrected chi connectivity index (χ4v) is 11.8. The third-order valence-corrected chi connectivity index (χ3v) is 17.2. The molecule has 107 heavy (non-hydrogen) atoms. The number of benzene rings is 4. The number of halogens is 2. The molecule has 582 valence electrons. The number of hydrogen-bond acceptors (Lipinski definition) is 27. The molecule has 0 aliphatic carbocycles.